The van der Waals surface area contributed by atoms with Crippen molar-refractivity contribution in [3.8, 4) is 11.5 Å². The Kier molecular flexibility index (Phi) is 6.58. The Bertz CT molecular complexity index is 790. The van der Waals surface area contributed by atoms with E-state index >= 15 is 0 Å². The van der Waals surface area contributed by atoms with Gasteiger partial charge in [-0.25, -0.2) is 4.68 Å². The number of tetrazole rings is 1. The van der Waals surface area contributed by atoms with Crippen molar-refractivity contribution in [3.63, 3.8) is 0 Å². The summed E-state index contributed by atoms with van der Waals surface area (Å²) in [5.74, 6) is 2.65. The van der Waals surface area contributed by atoms with Gasteiger partial charge in [0.1, 0.15) is 0 Å². The van der Waals surface area contributed by atoms with Crippen molar-refractivity contribution in [3.05, 3.63) is 29.6 Å². The lowest BCUT2D eigenvalue weighted by atomic mass is 10.1. The lowest BCUT2D eigenvalue weighted by Crippen LogP contribution is -2.47. The number of hydrogen-bond donors (Lipinski definition) is 0. The maximum Gasteiger partial charge on any atom is 0.231 e. The van der Waals surface area contributed by atoms with E-state index in [0.29, 0.717) is 19.9 Å². The molecule has 9 nitrogen and oxygen atoms in total. The fourth-order valence-electron chi connectivity index (χ4n) is 4.07. The molecular weight excluding hydrogens is 372 g/mol. The van der Waals surface area contributed by atoms with Crippen LogP contribution in [0.5, 0.6) is 11.5 Å². The second kappa shape index (κ2) is 9.51. The van der Waals surface area contributed by atoms with Crippen LogP contribution in [0, 0.1) is 0 Å². The third kappa shape index (κ3) is 4.68. The first-order chi connectivity index (χ1) is 14.3. The van der Waals surface area contributed by atoms with Crippen LogP contribution in [-0.4, -0.2) is 76.7 Å². The highest BCUT2D eigenvalue weighted by Crippen LogP contribution is 2.33. The first kappa shape index (κ1) is 20.1. The summed E-state index contributed by atoms with van der Waals surface area (Å²) < 4.78 is 18.0. The molecule has 1 saturated heterocycles. The number of aromatic nitrogens is 4. The van der Waals surface area contributed by atoms with Crippen LogP contribution in [0.3, 0.4) is 0 Å². The molecule has 0 aliphatic carbocycles. The molecule has 158 valence electrons. The maximum atomic E-state index is 5.51. The number of fused-ring (bicyclic) bond motifs is 1. The smallest absolute Gasteiger partial charge is 0.231 e. The zero-order chi connectivity index (χ0) is 20.1. The largest absolute Gasteiger partial charge is 0.454 e. The normalized spacial score (nSPS) is 18.3. The van der Waals surface area contributed by atoms with Gasteiger partial charge in [0.05, 0.1) is 19.2 Å². The zero-order valence-corrected chi connectivity index (χ0v) is 17.3. The highest BCUT2D eigenvalue weighted by Gasteiger charge is 2.28. The molecule has 2 aliphatic heterocycles. The molecule has 29 heavy (non-hydrogen) atoms. The van der Waals surface area contributed by atoms with Crippen LogP contribution in [0.25, 0.3) is 0 Å². The summed E-state index contributed by atoms with van der Waals surface area (Å²) in [4.78, 5) is 5.01. The predicted molar refractivity (Wildman–Crippen MR) is 107 cm³/mol. The van der Waals surface area contributed by atoms with Gasteiger partial charge >= 0.3 is 0 Å². The monoisotopic (exact) mass is 402 g/mol. The molecule has 0 bridgehead atoms. The fourth-order valence-corrected chi connectivity index (χ4v) is 4.07. The van der Waals surface area contributed by atoms with Gasteiger partial charge in [-0.1, -0.05) is 19.4 Å². The van der Waals surface area contributed by atoms with Gasteiger partial charge in [-0.2, -0.15) is 0 Å². The lowest BCUT2D eigenvalue weighted by Gasteiger charge is -2.38. The Labute approximate surface area is 171 Å². The summed E-state index contributed by atoms with van der Waals surface area (Å²) in [6, 6.07) is 6.48. The minimum atomic E-state index is 0.250. The van der Waals surface area contributed by atoms with Gasteiger partial charge in [0.25, 0.3) is 0 Å². The van der Waals surface area contributed by atoms with Gasteiger partial charge in [0.15, 0.2) is 17.3 Å². The Morgan fingerprint density at radius 2 is 1.97 bits per heavy atom. The SMILES string of the molecule is CCC[C@@H](c1nnnn1CCOC)N1CCN(Cc2ccc3c(c2)OCO3)CC1. The van der Waals surface area contributed by atoms with E-state index in [1.807, 2.05) is 10.7 Å². The van der Waals surface area contributed by atoms with Crippen LogP contribution in [0.4, 0.5) is 0 Å². The molecule has 9 heteroatoms. The van der Waals surface area contributed by atoms with Crippen molar-refractivity contribution in [2.45, 2.75) is 38.9 Å². The molecular formula is C20H30N6O3. The minimum Gasteiger partial charge on any atom is -0.454 e. The summed E-state index contributed by atoms with van der Waals surface area (Å²) in [5.41, 5.74) is 1.26. The number of nitrogens with zero attached hydrogens (tertiary/aromatic N) is 6. The van der Waals surface area contributed by atoms with Crippen molar-refractivity contribution < 1.29 is 14.2 Å². The Morgan fingerprint density at radius 3 is 2.76 bits per heavy atom. The third-order valence-corrected chi connectivity index (χ3v) is 5.62. The molecule has 1 atom stereocenters. The van der Waals surface area contributed by atoms with E-state index in [4.69, 9.17) is 14.2 Å². The summed E-state index contributed by atoms with van der Waals surface area (Å²) in [5, 5.41) is 12.4. The Hall–Kier alpha value is -2.23. The van der Waals surface area contributed by atoms with Crippen molar-refractivity contribution in [1.29, 1.82) is 0 Å². The van der Waals surface area contributed by atoms with Gasteiger partial charge in [-0.3, -0.25) is 9.80 Å². The maximum absolute atomic E-state index is 5.51. The molecule has 0 spiro atoms. The number of ether oxygens (including phenoxy) is 3. The summed E-state index contributed by atoms with van der Waals surface area (Å²) in [6.07, 6.45) is 2.15. The molecule has 1 aromatic carbocycles. The second-order valence-electron chi connectivity index (χ2n) is 7.56. The standard InChI is InChI=1S/C20H30N6O3/c1-3-4-17(20-21-22-23-26(20)11-12-27-2)25-9-7-24(8-10-25)14-16-5-6-18-19(13-16)29-15-28-18/h5-6,13,17H,3-4,7-12,14-15H2,1-2H3/t17-/m0/s1. The van der Waals surface area contributed by atoms with Crippen molar-refractivity contribution in [2.75, 3.05) is 46.7 Å². The minimum absolute atomic E-state index is 0.250. The lowest BCUT2D eigenvalue weighted by molar-refractivity contribution is 0.0807. The van der Waals surface area contributed by atoms with Crippen molar-refractivity contribution in [2.24, 2.45) is 0 Å². The number of rotatable bonds is 9. The molecule has 0 saturated carbocycles. The zero-order valence-electron chi connectivity index (χ0n) is 17.3. The molecule has 0 amide bonds. The Balaban J connectivity index is 1.36. The summed E-state index contributed by atoms with van der Waals surface area (Å²) in [6.45, 7) is 8.81. The molecule has 0 unspecified atom stereocenters. The molecule has 0 N–H and O–H groups in total. The average Bonchev–Trinajstić information content (AvgIpc) is 3.40. The molecule has 2 aliphatic rings. The fraction of sp³-hybridized carbons (Fsp3) is 0.650. The third-order valence-electron chi connectivity index (χ3n) is 5.62. The van der Waals surface area contributed by atoms with Crippen LogP contribution in [0.15, 0.2) is 18.2 Å². The molecule has 1 fully saturated rings. The number of benzene rings is 1. The van der Waals surface area contributed by atoms with Gasteiger partial charge in [0.2, 0.25) is 6.79 Å². The van der Waals surface area contributed by atoms with Crippen LogP contribution >= 0.6 is 0 Å². The van der Waals surface area contributed by atoms with Crippen LogP contribution in [-0.2, 0) is 17.8 Å². The van der Waals surface area contributed by atoms with E-state index in [9.17, 15) is 0 Å². The molecule has 4 rings (SSSR count). The van der Waals surface area contributed by atoms with Crippen molar-refractivity contribution in [1.82, 2.24) is 30.0 Å². The van der Waals surface area contributed by atoms with Gasteiger partial charge in [-0.05, 0) is 34.5 Å². The molecule has 0 radical (unpaired) electrons. The van der Waals surface area contributed by atoms with E-state index in [1.54, 1.807) is 7.11 Å². The van der Waals surface area contributed by atoms with Crippen LogP contribution in [0.1, 0.15) is 37.2 Å². The number of hydrogen-bond acceptors (Lipinski definition) is 8. The topological polar surface area (TPSA) is 77.8 Å². The first-order valence-corrected chi connectivity index (χ1v) is 10.4. The molecule has 2 aromatic rings. The Morgan fingerprint density at radius 1 is 1.14 bits per heavy atom. The van der Waals surface area contributed by atoms with E-state index in [-0.39, 0.29) is 6.04 Å². The number of piperazine rings is 1. The summed E-state index contributed by atoms with van der Waals surface area (Å²) >= 11 is 0. The van der Waals surface area contributed by atoms with E-state index in [2.05, 4.69) is 44.4 Å². The van der Waals surface area contributed by atoms with Crippen LogP contribution in [0.2, 0.25) is 0 Å². The van der Waals surface area contributed by atoms with Gasteiger partial charge < -0.3 is 14.2 Å². The predicted octanol–water partition coefficient (Wildman–Crippen LogP) is 1.71. The van der Waals surface area contributed by atoms with Gasteiger partial charge in [-0.15, -0.1) is 5.10 Å². The quantitative estimate of drug-likeness (QED) is 0.627. The molecule has 3 heterocycles. The first-order valence-electron chi connectivity index (χ1n) is 10.4. The van der Waals surface area contributed by atoms with E-state index in [1.165, 1.54) is 5.56 Å². The van der Waals surface area contributed by atoms with Crippen LogP contribution < -0.4 is 9.47 Å². The van der Waals surface area contributed by atoms with Crippen molar-refractivity contribution >= 4 is 0 Å². The van der Waals surface area contributed by atoms with Gasteiger partial charge in [0, 0.05) is 39.8 Å². The highest BCUT2D eigenvalue weighted by molar-refractivity contribution is 5.44. The van der Waals surface area contributed by atoms with E-state index < -0.39 is 0 Å². The number of methoxy groups -OCH3 is 1. The van der Waals surface area contributed by atoms with E-state index in [0.717, 1.165) is 62.9 Å². The highest BCUT2D eigenvalue weighted by atomic mass is 16.7. The molecule has 1 aromatic heterocycles. The second-order valence-corrected chi connectivity index (χ2v) is 7.56. The average molecular weight is 402 g/mol. The summed E-state index contributed by atoms with van der Waals surface area (Å²) in [7, 11) is 1.70.